The van der Waals surface area contributed by atoms with Crippen LogP contribution in [0.15, 0.2) is 46.2 Å². The van der Waals surface area contributed by atoms with E-state index >= 15 is 0 Å². The van der Waals surface area contributed by atoms with Crippen molar-refractivity contribution < 1.29 is 36.2 Å². The van der Waals surface area contributed by atoms with Crippen LogP contribution in [0.3, 0.4) is 0 Å². The Kier molecular flexibility index (Phi) is 9.08. The third-order valence-electron chi connectivity index (χ3n) is 2.94. The molecule has 132 valence electrons. The summed E-state index contributed by atoms with van der Waals surface area (Å²) in [6.07, 6.45) is 0. The molecule has 0 aliphatic carbocycles. The van der Waals surface area contributed by atoms with Gasteiger partial charge in [0.2, 0.25) is 0 Å². The first-order valence-corrected chi connectivity index (χ1v) is 9.16. The van der Waals surface area contributed by atoms with E-state index in [1.165, 1.54) is 38.1 Å². The predicted molar refractivity (Wildman–Crippen MR) is 87.4 cm³/mol. The summed E-state index contributed by atoms with van der Waals surface area (Å²) in [5, 5.41) is 18.3. The van der Waals surface area contributed by atoms with Crippen LogP contribution < -0.4 is 0 Å². The molecule has 0 fully saturated rings. The van der Waals surface area contributed by atoms with Crippen LogP contribution in [0, 0.1) is 13.8 Å². The van der Waals surface area contributed by atoms with Gasteiger partial charge >= 0.3 is 45.5 Å². The summed E-state index contributed by atoms with van der Waals surface area (Å²) in [6.45, 7) is 3.04. The average molecular weight is 462 g/mol. The van der Waals surface area contributed by atoms with Gasteiger partial charge in [-0.05, 0) is 37.1 Å². The van der Waals surface area contributed by atoms with E-state index in [1.54, 1.807) is 0 Å². The molecule has 25 heavy (non-hydrogen) atoms. The number of para-hydroxylation sites is 2. The van der Waals surface area contributed by atoms with Gasteiger partial charge in [0.1, 0.15) is 31.7 Å². The van der Waals surface area contributed by atoms with Gasteiger partial charge in [-0.3, -0.25) is 0 Å². The molecule has 0 saturated heterocycles. The third kappa shape index (κ3) is 6.87. The minimum Gasteiger partial charge on any atom is -0.744 e. The first kappa shape index (κ1) is 24.3. The summed E-state index contributed by atoms with van der Waals surface area (Å²) in [5.74, 6) is -0.931. The van der Waals surface area contributed by atoms with Crippen LogP contribution in [0.2, 0.25) is 0 Å². The zero-order valence-corrected chi connectivity index (χ0v) is 18.4. The van der Waals surface area contributed by atoms with Crippen molar-refractivity contribution in [3.05, 3.63) is 47.5 Å². The minimum atomic E-state index is -4.56. The van der Waals surface area contributed by atoms with Crippen LogP contribution in [0.5, 0.6) is 11.5 Å². The van der Waals surface area contributed by atoms with Gasteiger partial charge < -0.3 is 19.3 Å². The summed E-state index contributed by atoms with van der Waals surface area (Å²) in [7, 11) is -9.11. The maximum atomic E-state index is 10.5. The quantitative estimate of drug-likeness (QED) is 0.492. The summed E-state index contributed by atoms with van der Waals surface area (Å²) in [4.78, 5) is -1.13. The fraction of sp³-hybridized carbons (Fsp3) is 0.143. The smallest absolute Gasteiger partial charge is 0.744 e. The average Bonchev–Trinajstić information content (AvgIpc) is 2.43. The first-order valence-electron chi connectivity index (χ1n) is 6.34. The third-order valence-corrected chi connectivity index (χ3v) is 4.68. The van der Waals surface area contributed by atoms with Crippen molar-refractivity contribution >= 4 is 65.7 Å². The second kappa shape index (κ2) is 9.33. The number of hydrogen-bond acceptors (Lipinski definition) is 8. The predicted octanol–water partition coefficient (Wildman–Crippen LogP) is 0.829. The van der Waals surface area contributed by atoms with Crippen molar-refractivity contribution in [3.8, 4) is 11.5 Å². The Hall–Kier alpha value is -0.659. The second-order valence-electron chi connectivity index (χ2n) is 4.75. The van der Waals surface area contributed by atoms with Crippen molar-refractivity contribution in [2.75, 3.05) is 0 Å². The number of hydrogen-bond donors (Lipinski definition) is 2. The van der Waals surface area contributed by atoms with Gasteiger partial charge in [0.05, 0.1) is 9.79 Å². The van der Waals surface area contributed by atoms with Gasteiger partial charge in [0.15, 0.2) is 0 Å². The molecule has 2 N–H and O–H groups in total. The molecule has 0 unspecified atom stereocenters. The molecule has 0 heterocycles. The van der Waals surface area contributed by atoms with E-state index in [1.807, 2.05) is 0 Å². The topological polar surface area (TPSA) is 155 Å². The minimum absolute atomic E-state index is 0. The van der Waals surface area contributed by atoms with Crippen molar-refractivity contribution in [1.82, 2.24) is 0 Å². The van der Waals surface area contributed by atoms with E-state index in [0.29, 0.717) is 11.1 Å². The fourth-order valence-electron chi connectivity index (χ4n) is 1.67. The number of phenols is 2. The molecule has 0 aliphatic rings. The number of aryl methyl sites for hydroxylation is 2. The SMILES string of the molecule is Cc1cccc(S(=O)(=O)[O-])c1O.Cc1cccc(S(=O)(=O)[O-])c1O.[Sr+2]. The zero-order valence-electron chi connectivity index (χ0n) is 13.3. The van der Waals surface area contributed by atoms with Crippen LogP contribution in [0.25, 0.3) is 0 Å². The Morgan fingerprint density at radius 1 is 0.720 bits per heavy atom. The van der Waals surface area contributed by atoms with Gasteiger partial charge in [-0.15, -0.1) is 0 Å². The van der Waals surface area contributed by atoms with Crippen molar-refractivity contribution in [1.29, 1.82) is 0 Å². The van der Waals surface area contributed by atoms with Crippen LogP contribution in [0.4, 0.5) is 0 Å². The fourth-order valence-corrected chi connectivity index (χ4v) is 2.95. The van der Waals surface area contributed by atoms with E-state index in [0.717, 1.165) is 12.1 Å². The Morgan fingerprint density at radius 2 is 1.00 bits per heavy atom. The first-order chi connectivity index (χ1) is 10.9. The van der Waals surface area contributed by atoms with E-state index in [9.17, 15) is 25.9 Å². The van der Waals surface area contributed by atoms with E-state index < -0.39 is 41.5 Å². The van der Waals surface area contributed by atoms with E-state index in [4.69, 9.17) is 10.2 Å². The summed E-state index contributed by atoms with van der Waals surface area (Å²) < 4.78 is 62.9. The molecule has 0 spiro atoms. The number of aromatic hydroxyl groups is 2. The molecule has 2 aromatic rings. The maximum Gasteiger partial charge on any atom is 2.00 e. The molecule has 0 bridgehead atoms. The normalized spacial score (nSPS) is 11.0. The van der Waals surface area contributed by atoms with Crippen molar-refractivity contribution in [2.45, 2.75) is 23.6 Å². The van der Waals surface area contributed by atoms with Crippen molar-refractivity contribution in [2.24, 2.45) is 0 Å². The van der Waals surface area contributed by atoms with Crippen LogP contribution in [-0.2, 0) is 20.2 Å². The second-order valence-corrected chi connectivity index (χ2v) is 7.45. The number of phenolic OH excluding ortho intramolecular Hbond substituents is 2. The van der Waals surface area contributed by atoms with Gasteiger partial charge in [0.25, 0.3) is 0 Å². The van der Waals surface area contributed by atoms with E-state index in [2.05, 4.69) is 0 Å². The Bertz CT molecular complexity index is 873. The van der Waals surface area contributed by atoms with Gasteiger partial charge in [-0.1, -0.05) is 24.3 Å². The Labute approximate surface area is 182 Å². The largest absolute Gasteiger partial charge is 2.00 e. The summed E-state index contributed by atoms with van der Waals surface area (Å²) >= 11 is 0. The molecule has 0 aliphatic heterocycles. The summed E-state index contributed by atoms with van der Waals surface area (Å²) in [5.41, 5.74) is 0.735. The Balaban J connectivity index is 0.000000443. The number of benzene rings is 2. The van der Waals surface area contributed by atoms with Gasteiger partial charge in [-0.2, -0.15) is 0 Å². The molecular weight excluding hydrogens is 448 g/mol. The van der Waals surface area contributed by atoms with Gasteiger partial charge in [0, 0.05) is 0 Å². The maximum absolute atomic E-state index is 10.5. The van der Waals surface area contributed by atoms with Crippen LogP contribution in [-0.4, -0.2) is 81.6 Å². The standard InChI is InChI=1S/2C7H8O4S.Sr/c2*1-5-3-2-4-6(7(5)8)12(9,10)11;/h2*2-4,8H,1H3,(H,9,10,11);/q;;+2/p-2. The molecule has 0 atom stereocenters. The molecule has 0 amide bonds. The molecule has 0 saturated carbocycles. The van der Waals surface area contributed by atoms with Gasteiger partial charge in [-0.25, -0.2) is 16.8 Å². The molecule has 0 aromatic heterocycles. The van der Waals surface area contributed by atoms with Crippen LogP contribution >= 0.6 is 0 Å². The molecule has 11 heteroatoms. The zero-order chi connectivity index (χ0) is 18.7. The molecule has 0 radical (unpaired) electrons. The summed E-state index contributed by atoms with van der Waals surface area (Å²) in [6, 6.07) is 7.99. The molecular formula is C14H14O8S2Sr. The monoisotopic (exact) mass is 462 g/mol. The van der Waals surface area contributed by atoms with Crippen molar-refractivity contribution in [3.63, 3.8) is 0 Å². The van der Waals surface area contributed by atoms with Crippen LogP contribution in [0.1, 0.15) is 11.1 Å². The van der Waals surface area contributed by atoms with E-state index in [-0.39, 0.29) is 45.5 Å². The number of rotatable bonds is 2. The molecule has 8 nitrogen and oxygen atoms in total. The molecule has 2 rings (SSSR count). The Morgan fingerprint density at radius 3 is 1.20 bits per heavy atom. The molecule has 2 aromatic carbocycles.